The molecule has 2 rings (SSSR count). The Labute approximate surface area is 61.0 Å². The minimum Gasteiger partial charge on any atom is -0.451 e. The van der Waals surface area contributed by atoms with Gasteiger partial charge in [-0.3, -0.25) is 0 Å². The molecule has 0 spiro atoms. The second-order valence-corrected chi connectivity index (χ2v) is 1.87. The molecule has 0 atom stereocenters. The summed E-state index contributed by atoms with van der Waals surface area (Å²) in [5, 5.41) is 6.91. The average molecular weight is 152 g/mol. The lowest BCUT2D eigenvalue weighted by atomic mass is 10.3. The zero-order valence-corrected chi connectivity index (χ0v) is 5.39. The van der Waals surface area contributed by atoms with Gasteiger partial charge in [-0.25, -0.2) is 9.61 Å². The fourth-order valence-corrected chi connectivity index (χ4v) is 0.703. The van der Waals surface area contributed by atoms with Gasteiger partial charge < -0.3 is 10.2 Å². The molecule has 0 aliphatic heterocycles. The summed E-state index contributed by atoms with van der Waals surface area (Å²) in [6.45, 7) is 0. The van der Waals surface area contributed by atoms with Gasteiger partial charge in [0.1, 0.15) is 12.0 Å². The number of hydrogen-bond donors (Lipinski definition) is 1. The molecule has 0 bridgehead atoms. The van der Waals surface area contributed by atoms with E-state index < -0.39 is 0 Å². The molecule has 0 saturated carbocycles. The molecule has 2 aromatic rings. The lowest BCUT2D eigenvalue weighted by molar-refractivity contribution is 0.310. The SMILES string of the molecule is Nc1nonc1-c1cocn1. The van der Waals surface area contributed by atoms with E-state index in [1.807, 2.05) is 0 Å². The number of aromatic nitrogens is 3. The minimum absolute atomic E-state index is 0.207. The molecule has 11 heavy (non-hydrogen) atoms. The van der Waals surface area contributed by atoms with E-state index in [-0.39, 0.29) is 5.82 Å². The number of nitrogens with two attached hydrogens (primary N) is 1. The number of oxazole rings is 1. The van der Waals surface area contributed by atoms with Crippen LogP contribution in [0.4, 0.5) is 5.82 Å². The number of anilines is 1. The van der Waals surface area contributed by atoms with E-state index in [9.17, 15) is 0 Å². The lowest BCUT2D eigenvalue weighted by Crippen LogP contribution is -1.87. The first kappa shape index (κ1) is 5.90. The van der Waals surface area contributed by atoms with E-state index in [0.29, 0.717) is 11.4 Å². The smallest absolute Gasteiger partial charge is 0.198 e. The van der Waals surface area contributed by atoms with Gasteiger partial charge in [0.2, 0.25) is 0 Å². The number of hydrogen-bond acceptors (Lipinski definition) is 6. The molecule has 56 valence electrons. The van der Waals surface area contributed by atoms with Crippen LogP contribution >= 0.6 is 0 Å². The molecule has 6 heteroatoms. The summed E-state index contributed by atoms with van der Waals surface area (Å²) in [5.74, 6) is 0.207. The Balaban J connectivity index is 2.53. The van der Waals surface area contributed by atoms with Gasteiger partial charge in [0.25, 0.3) is 0 Å². The molecule has 0 saturated heterocycles. The Morgan fingerprint density at radius 2 is 2.27 bits per heavy atom. The largest absolute Gasteiger partial charge is 0.451 e. The zero-order chi connectivity index (χ0) is 7.68. The van der Waals surface area contributed by atoms with Crippen molar-refractivity contribution in [3.63, 3.8) is 0 Å². The molecule has 2 N–H and O–H groups in total. The monoisotopic (exact) mass is 152 g/mol. The summed E-state index contributed by atoms with van der Waals surface area (Å²) in [7, 11) is 0. The topological polar surface area (TPSA) is 91.0 Å². The fraction of sp³-hybridized carbons (Fsp3) is 0. The van der Waals surface area contributed by atoms with Crippen LogP contribution in [0.2, 0.25) is 0 Å². The van der Waals surface area contributed by atoms with E-state index in [4.69, 9.17) is 10.2 Å². The highest BCUT2D eigenvalue weighted by Gasteiger charge is 2.10. The first-order chi connectivity index (χ1) is 5.38. The molecular formula is C5H4N4O2. The summed E-state index contributed by atoms with van der Waals surface area (Å²) in [6.07, 6.45) is 2.69. The first-order valence-corrected chi connectivity index (χ1v) is 2.84. The van der Waals surface area contributed by atoms with E-state index >= 15 is 0 Å². The van der Waals surface area contributed by atoms with Crippen molar-refractivity contribution in [3.05, 3.63) is 12.7 Å². The van der Waals surface area contributed by atoms with Crippen LogP contribution in [0.15, 0.2) is 21.7 Å². The quantitative estimate of drug-likeness (QED) is 0.632. The average Bonchev–Trinajstić information content (AvgIpc) is 2.55. The first-order valence-electron chi connectivity index (χ1n) is 2.84. The number of rotatable bonds is 1. The lowest BCUT2D eigenvalue weighted by Gasteiger charge is -1.83. The van der Waals surface area contributed by atoms with Crippen LogP contribution < -0.4 is 5.73 Å². The van der Waals surface area contributed by atoms with E-state index in [2.05, 4.69) is 19.9 Å². The molecule has 0 amide bonds. The Morgan fingerprint density at radius 1 is 1.36 bits per heavy atom. The molecule has 0 aliphatic rings. The maximum absolute atomic E-state index is 5.38. The molecule has 0 aromatic carbocycles. The fourth-order valence-electron chi connectivity index (χ4n) is 0.703. The zero-order valence-electron chi connectivity index (χ0n) is 5.39. The third-order valence-electron chi connectivity index (χ3n) is 1.19. The van der Waals surface area contributed by atoms with Crippen LogP contribution in [-0.2, 0) is 0 Å². The standard InChI is InChI=1S/C5H4N4O2/c6-5-4(8-11-9-5)3-1-10-2-7-3/h1-2H,(H2,6,9). The summed E-state index contributed by atoms with van der Waals surface area (Å²) in [4.78, 5) is 3.81. The van der Waals surface area contributed by atoms with Gasteiger partial charge in [0.05, 0.1) is 0 Å². The van der Waals surface area contributed by atoms with Gasteiger partial charge >= 0.3 is 0 Å². The van der Waals surface area contributed by atoms with E-state index in [1.165, 1.54) is 12.7 Å². The van der Waals surface area contributed by atoms with Crippen molar-refractivity contribution in [2.45, 2.75) is 0 Å². The van der Waals surface area contributed by atoms with Crippen molar-refractivity contribution in [2.75, 3.05) is 5.73 Å². The normalized spacial score (nSPS) is 10.2. The predicted octanol–water partition coefficient (Wildman–Crippen LogP) is 0.307. The third-order valence-corrected chi connectivity index (χ3v) is 1.19. The maximum atomic E-state index is 5.38. The summed E-state index contributed by atoms with van der Waals surface area (Å²) in [5.41, 5.74) is 6.30. The molecule has 0 fully saturated rings. The second-order valence-electron chi connectivity index (χ2n) is 1.87. The highest BCUT2D eigenvalue weighted by atomic mass is 16.6. The van der Waals surface area contributed by atoms with Crippen LogP contribution in [0.3, 0.4) is 0 Å². The summed E-state index contributed by atoms with van der Waals surface area (Å²) >= 11 is 0. The van der Waals surface area contributed by atoms with E-state index in [0.717, 1.165) is 0 Å². The molecule has 2 heterocycles. The predicted molar refractivity (Wildman–Crippen MR) is 34.2 cm³/mol. The van der Waals surface area contributed by atoms with Gasteiger partial charge in [0, 0.05) is 0 Å². The number of nitrogen functional groups attached to an aromatic ring is 1. The Bertz CT molecular complexity index is 339. The van der Waals surface area contributed by atoms with Gasteiger partial charge in [-0.05, 0) is 10.3 Å². The van der Waals surface area contributed by atoms with Gasteiger partial charge in [-0.15, -0.1) is 0 Å². The van der Waals surface area contributed by atoms with E-state index in [1.54, 1.807) is 0 Å². The van der Waals surface area contributed by atoms with Gasteiger partial charge in [-0.2, -0.15) is 0 Å². The van der Waals surface area contributed by atoms with Crippen molar-refractivity contribution in [3.8, 4) is 11.4 Å². The molecular weight excluding hydrogens is 148 g/mol. The van der Waals surface area contributed by atoms with Crippen molar-refractivity contribution in [1.29, 1.82) is 0 Å². The van der Waals surface area contributed by atoms with Gasteiger partial charge in [-0.1, -0.05) is 0 Å². The molecule has 0 radical (unpaired) electrons. The van der Waals surface area contributed by atoms with Crippen LogP contribution in [0.5, 0.6) is 0 Å². The molecule has 6 nitrogen and oxygen atoms in total. The Morgan fingerprint density at radius 3 is 2.82 bits per heavy atom. The molecule has 2 aromatic heterocycles. The van der Waals surface area contributed by atoms with Crippen molar-refractivity contribution in [2.24, 2.45) is 0 Å². The van der Waals surface area contributed by atoms with Gasteiger partial charge in [0.15, 0.2) is 17.9 Å². The van der Waals surface area contributed by atoms with Crippen molar-refractivity contribution in [1.82, 2.24) is 15.3 Å². The maximum Gasteiger partial charge on any atom is 0.198 e. The Kier molecular flexibility index (Phi) is 1.12. The molecule has 0 aliphatic carbocycles. The van der Waals surface area contributed by atoms with Crippen LogP contribution in [0.25, 0.3) is 11.4 Å². The Hall–Kier alpha value is -1.85. The summed E-state index contributed by atoms with van der Waals surface area (Å²) < 4.78 is 9.08. The minimum atomic E-state index is 0.207. The highest BCUT2D eigenvalue weighted by molar-refractivity contribution is 5.63. The van der Waals surface area contributed by atoms with Crippen LogP contribution in [0, 0.1) is 0 Å². The van der Waals surface area contributed by atoms with Crippen molar-refractivity contribution >= 4 is 5.82 Å². The van der Waals surface area contributed by atoms with Crippen molar-refractivity contribution < 1.29 is 9.05 Å². The third kappa shape index (κ3) is 0.841. The van der Waals surface area contributed by atoms with Crippen LogP contribution in [-0.4, -0.2) is 15.3 Å². The van der Waals surface area contributed by atoms with Crippen LogP contribution in [0.1, 0.15) is 0 Å². The molecule has 0 unspecified atom stereocenters. The highest BCUT2D eigenvalue weighted by Crippen LogP contribution is 2.18. The number of nitrogens with zero attached hydrogens (tertiary/aromatic N) is 3. The summed E-state index contributed by atoms with van der Waals surface area (Å²) in [6, 6.07) is 0. The second kappa shape index (κ2) is 2.08.